The van der Waals surface area contributed by atoms with Gasteiger partial charge in [-0.15, -0.1) is 0 Å². The van der Waals surface area contributed by atoms with Crippen molar-refractivity contribution in [3.05, 3.63) is 11.4 Å². The number of likely N-dealkylation sites (N-methyl/N-ethyl adjacent to an activating group) is 2. The van der Waals surface area contributed by atoms with Gasteiger partial charge in [0, 0.05) is 31.6 Å². The lowest BCUT2D eigenvalue weighted by atomic mass is 9.95. The fourth-order valence-electron chi connectivity index (χ4n) is 1.92. The van der Waals surface area contributed by atoms with Crippen molar-refractivity contribution < 1.29 is 4.79 Å². The first-order chi connectivity index (χ1) is 9.70. The van der Waals surface area contributed by atoms with Gasteiger partial charge in [0.05, 0.1) is 6.54 Å². The zero-order valence-electron chi connectivity index (χ0n) is 14.2. The molecule has 0 aliphatic carbocycles. The second kappa shape index (κ2) is 6.74. The molecule has 118 valence electrons. The van der Waals surface area contributed by atoms with Gasteiger partial charge in [0.2, 0.25) is 5.91 Å². The maximum absolute atomic E-state index is 11.6. The van der Waals surface area contributed by atoms with Crippen LogP contribution in [0.15, 0.2) is 0 Å². The van der Waals surface area contributed by atoms with Crippen LogP contribution in [0.2, 0.25) is 0 Å². The van der Waals surface area contributed by atoms with E-state index in [1.165, 1.54) is 0 Å². The van der Waals surface area contributed by atoms with Gasteiger partial charge in [-0.25, -0.2) is 9.97 Å². The van der Waals surface area contributed by atoms with Crippen LogP contribution in [0, 0.1) is 6.92 Å². The highest BCUT2D eigenvalue weighted by Crippen LogP contribution is 2.27. The molecule has 2 N–H and O–H groups in total. The Hall–Kier alpha value is -1.85. The van der Waals surface area contributed by atoms with Crippen LogP contribution in [0.3, 0.4) is 0 Å². The van der Waals surface area contributed by atoms with E-state index in [0.29, 0.717) is 0 Å². The third-order valence-electron chi connectivity index (χ3n) is 3.16. The highest BCUT2D eigenvalue weighted by molar-refractivity contribution is 5.81. The number of carbonyl (C=O) groups excluding carboxylic acids is 1. The van der Waals surface area contributed by atoms with E-state index in [4.69, 9.17) is 0 Å². The summed E-state index contributed by atoms with van der Waals surface area (Å²) >= 11 is 0. The van der Waals surface area contributed by atoms with Gasteiger partial charge in [0.1, 0.15) is 17.5 Å². The van der Waals surface area contributed by atoms with E-state index in [1.54, 1.807) is 7.05 Å². The molecule has 0 aliphatic rings. The van der Waals surface area contributed by atoms with E-state index in [-0.39, 0.29) is 17.9 Å². The van der Waals surface area contributed by atoms with Crippen LogP contribution in [-0.4, -0.2) is 43.1 Å². The number of rotatable bonds is 5. The summed E-state index contributed by atoms with van der Waals surface area (Å²) < 4.78 is 0. The summed E-state index contributed by atoms with van der Waals surface area (Å²) in [6, 6.07) is 0. The summed E-state index contributed by atoms with van der Waals surface area (Å²) in [4.78, 5) is 22.7. The third kappa shape index (κ3) is 4.31. The first kappa shape index (κ1) is 17.2. The SMILES string of the molecule is CCNc1nc(C(C)(C)C)nc(N(C)CC(=O)NC)c1C. The fraction of sp³-hybridized carbons (Fsp3) is 0.667. The molecule has 0 unspecified atom stereocenters. The van der Waals surface area contributed by atoms with Crippen LogP contribution in [0.25, 0.3) is 0 Å². The van der Waals surface area contributed by atoms with E-state index < -0.39 is 0 Å². The first-order valence-corrected chi connectivity index (χ1v) is 7.25. The Labute approximate surface area is 127 Å². The Balaban J connectivity index is 3.28. The number of nitrogens with zero attached hydrogens (tertiary/aromatic N) is 3. The molecule has 21 heavy (non-hydrogen) atoms. The van der Waals surface area contributed by atoms with Crippen LogP contribution in [0.5, 0.6) is 0 Å². The summed E-state index contributed by atoms with van der Waals surface area (Å²) in [5.74, 6) is 2.34. The van der Waals surface area contributed by atoms with Gasteiger partial charge in [0.25, 0.3) is 0 Å². The molecule has 0 fully saturated rings. The molecule has 0 spiro atoms. The molecular formula is C15H27N5O. The predicted molar refractivity (Wildman–Crippen MR) is 87.0 cm³/mol. The van der Waals surface area contributed by atoms with Crippen LogP contribution in [0.4, 0.5) is 11.6 Å². The lowest BCUT2D eigenvalue weighted by molar-refractivity contribution is -0.119. The monoisotopic (exact) mass is 293 g/mol. The maximum atomic E-state index is 11.6. The van der Waals surface area contributed by atoms with Gasteiger partial charge in [0.15, 0.2) is 0 Å². The number of hydrogen-bond donors (Lipinski definition) is 2. The molecule has 0 aliphatic heterocycles. The minimum atomic E-state index is -0.152. The molecule has 0 bridgehead atoms. The molecule has 0 aromatic carbocycles. The Kier molecular flexibility index (Phi) is 5.52. The number of hydrogen-bond acceptors (Lipinski definition) is 5. The average Bonchev–Trinajstić information content (AvgIpc) is 2.39. The van der Waals surface area contributed by atoms with Crippen LogP contribution in [0.1, 0.15) is 39.1 Å². The molecule has 1 aromatic heterocycles. The quantitative estimate of drug-likeness (QED) is 0.864. The molecule has 0 atom stereocenters. The molecule has 1 heterocycles. The van der Waals surface area contributed by atoms with E-state index in [2.05, 4.69) is 41.4 Å². The highest BCUT2D eigenvalue weighted by atomic mass is 16.1. The van der Waals surface area contributed by atoms with Gasteiger partial charge in [-0.3, -0.25) is 4.79 Å². The Morgan fingerprint density at radius 1 is 1.29 bits per heavy atom. The molecule has 6 heteroatoms. The van der Waals surface area contributed by atoms with Crippen molar-refractivity contribution in [3.8, 4) is 0 Å². The number of carbonyl (C=O) groups is 1. The van der Waals surface area contributed by atoms with E-state index in [0.717, 1.165) is 29.6 Å². The van der Waals surface area contributed by atoms with Gasteiger partial charge < -0.3 is 15.5 Å². The van der Waals surface area contributed by atoms with Crippen molar-refractivity contribution >= 4 is 17.5 Å². The van der Waals surface area contributed by atoms with E-state index in [9.17, 15) is 4.79 Å². The Bertz CT molecular complexity index is 508. The Morgan fingerprint density at radius 2 is 1.90 bits per heavy atom. The van der Waals surface area contributed by atoms with Gasteiger partial charge in [-0.1, -0.05) is 20.8 Å². The van der Waals surface area contributed by atoms with Crippen molar-refractivity contribution in [2.24, 2.45) is 0 Å². The molecule has 1 aromatic rings. The Morgan fingerprint density at radius 3 is 2.38 bits per heavy atom. The standard InChI is InChI=1S/C15H27N5O/c1-8-17-12-10(2)13(20(7)9-11(21)16-6)19-14(18-12)15(3,4)5/h8-9H2,1-7H3,(H,16,21)(H,17,18,19). The minimum absolute atomic E-state index is 0.0437. The molecule has 0 saturated heterocycles. The lowest BCUT2D eigenvalue weighted by Gasteiger charge is -2.25. The number of aromatic nitrogens is 2. The van der Waals surface area contributed by atoms with Crippen LogP contribution in [-0.2, 0) is 10.2 Å². The van der Waals surface area contributed by atoms with Crippen molar-refractivity contribution in [3.63, 3.8) is 0 Å². The van der Waals surface area contributed by atoms with E-state index >= 15 is 0 Å². The minimum Gasteiger partial charge on any atom is -0.370 e. The summed E-state index contributed by atoms with van der Waals surface area (Å²) in [5, 5.41) is 5.90. The highest BCUT2D eigenvalue weighted by Gasteiger charge is 2.22. The number of amides is 1. The predicted octanol–water partition coefficient (Wildman–Crippen LogP) is 1.70. The summed E-state index contributed by atoms with van der Waals surface area (Å²) in [6.45, 7) is 11.3. The summed E-state index contributed by atoms with van der Waals surface area (Å²) in [5.41, 5.74) is 0.803. The maximum Gasteiger partial charge on any atom is 0.239 e. The normalized spacial score (nSPS) is 11.2. The molecule has 0 saturated carbocycles. The molecule has 1 rings (SSSR count). The average molecular weight is 293 g/mol. The second-order valence-corrected chi connectivity index (χ2v) is 6.15. The van der Waals surface area contributed by atoms with Gasteiger partial charge >= 0.3 is 0 Å². The van der Waals surface area contributed by atoms with Crippen LogP contribution < -0.4 is 15.5 Å². The first-order valence-electron chi connectivity index (χ1n) is 7.25. The zero-order valence-corrected chi connectivity index (χ0v) is 14.2. The molecule has 0 radical (unpaired) electrons. The smallest absolute Gasteiger partial charge is 0.239 e. The summed E-state index contributed by atoms with van der Waals surface area (Å²) in [6.07, 6.45) is 0. The lowest BCUT2D eigenvalue weighted by Crippen LogP contribution is -2.34. The van der Waals surface area contributed by atoms with E-state index in [1.807, 2.05) is 25.8 Å². The van der Waals surface area contributed by atoms with Crippen molar-refractivity contribution in [1.29, 1.82) is 0 Å². The second-order valence-electron chi connectivity index (χ2n) is 6.15. The van der Waals surface area contributed by atoms with Crippen molar-refractivity contribution in [2.45, 2.75) is 40.0 Å². The third-order valence-corrected chi connectivity index (χ3v) is 3.16. The fourth-order valence-corrected chi connectivity index (χ4v) is 1.92. The number of anilines is 2. The number of nitrogens with one attached hydrogen (secondary N) is 2. The molecule has 1 amide bonds. The molecule has 6 nitrogen and oxygen atoms in total. The topological polar surface area (TPSA) is 70.2 Å². The summed E-state index contributed by atoms with van der Waals surface area (Å²) in [7, 11) is 3.50. The largest absolute Gasteiger partial charge is 0.370 e. The zero-order chi connectivity index (χ0) is 16.2. The van der Waals surface area contributed by atoms with Crippen LogP contribution >= 0.6 is 0 Å². The van der Waals surface area contributed by atoms with Crippen molar-refractivity contribution in [2.75, 3.05) is 37.4 Å². The van der Waals surface area contributed by atoms with Gasteiger partial charge in [-0.05, 0) is 13.8 Å². The van der Waals surface area contributed by atoms with Crippen molar-refractivity contribution in [1.82, 2.24) is 15.3 Å². The molecular weight excluding hydrogens is 266 g/mol. The van der Waals surface area contributed by atoms with Gasteiger partial charge in [-0.2, -0.15) is 0 Å².